The number of piperidine rings is 1. The zero-order valence-corrected chi connectivity index (χ0v) is 20.6. The molecule has 1 saturated heterocycles. The van der Waals surface area contributed by atoms with E-state index < -0.39 is 0 Å². The first-order valence-corrected chi connectivity index (χ1v) is 12.0. The van der Waals surface area contributed by atoms with Crippen molar-refractivity contribution in [2.24, 2.45) is 0 Å². The van der Waals surface area contributed by atoms with Crippen molar-refractivity contribution in [3.63, 3.8) is 0 Å². The molecule has 2 aliphatic heterocycles. The SMILES string of the molecule is COc1cc(N2CCC(Nc3ncc4c(n3)N(C)C(c3ccc(Cl)cc3Cl)CO4)CC2)ccn1. The standard InChI is InChI=1S/C24H26Cl2N6O2/c1-31-20(18-4-3-15(25)11-19(18)26)14-34-21-13-28-24(30-23(21)31)29-16-6-9-32(10-7-16)17-5-8-27-22(12-17)33-2/h3-5,8,11-13,16,20H,6-7,9-10,14H2,1-2H3,(H,28,29,30). The number of anilines is 3. The summed E-state index contributed by atoms with van der Waals surface area (Å²) in [5, 5.41) is 4.73. The maximum Gasteiger partial charge on any atom is 0.225 e. The second-order valence-corrected chi connectivity index (χ2v) is 9.29. The smallest absolute Gasteiger partial charge is 0.225 e. The minimum atomic E-state index is -0.0689. The Kier molecular flexibility index (Phi) is 6.52. The highest BCUT2D eigenvalue weighted by atomic mass is 35.5. The molecule has 0 radical (unpaired) electrons. The van der Waals surface area contributed by atoms with Crippen LogP contribution in [-0.4, -0.2) is 54.8 Å². The van der Waals surface area contributed by atoms with Crippen LogP contribution in [0.15, 0.2) is 42.7 Å². The summed E-state index contributed by atoms with van der Waals surface area (Å²) in [4.78, 5) is 17.9. The lowest BCUT2D eigenvalue weighted by atomic mass is 10.0. The fourth-order valence-corrected chi connectivity index (χ4v) is 4.99. The van der Waals surface area contributed by atoms with Gasteiger partial charge in [-0.3, -0.25) is 0 Å². The quantitative estimate of drug-likeness (QED) is 0.533. The van der Waals surface area contributed by atoms with E-state index in [1.165, 1.54) is 0 Å². The van der Waals surface area contributed by atoms with Crippen LogP contribution in [0.25, 0.3) is 0 Å². The third-order valence-corrected chi connectivity index (χ3v) is 6.94. The van der Waals surface area contributed by atoms with Crippen molar-refractivity contribution in [3.05, 3.63) is 58.3 Å². The number of likely N-dealkylation sites (N-methyl/N-ethyl adjacent to an activating group) is 1. The van der Waals surface area contributed by atoms with Crippen LogP contribution in [0.5, 0.6) is 11.6 Å². The number of hydrogen-bond acceptors (Lipinski definition) is 8. The number of rotatable bonds is 5. The van der Waals surface area contributed by atoms with Gasteiger partial charge in [0.15, 0.2) is 11.6 Å². The van der Waals surface area contributed by atoms with Crippen molar-refractivity contribution >= 4 is 40.7 Å². The van der Waals surface area contributed by atoms with E-state index in [9.17, 15) is 0 Å². The molecule has 1 aromatic carbocycles. The summed E-state index contributed by atoms with van der Waals surface area (Å²) in [6.07, 6.45) is 5.46. The van der Waals surface area contributed by atoms with Crippen LogP contribution in [0, 0.1) is 0 Å². The van der Waals surface area contributed by atoms with Gasteiger partial charge in [-0.05, 0) is 36.6 Å². The highest BCUT2D eigenvalue weighted by molar-refractivity contribution is 6.35. The van der Waals surface area contributed by atoms with Gasteiger partial charge in [-0.25, -0.2) is 9.97 Å². The van der Waals surface area contributed by atoms with E-state index in [-0.39, 0.29) is 12.1 Å². The summed E-state index contributed by atoms with van der Waals surface area (Å²) >= 11 is 12.5. The highest BCUT2D eigenvalue weighted by Gasteiger charge is 2.30. The van der Waals surface area contributed by atoms with Gasteiger partial charge in [-0.2, -0.15) is 4.98 Å². The fraction of sp³-hybridized carbons (Fsp3) is 0.375. The van der Waals surface area contributed by atoms with E-state index in [4.69, 9.17) is 37.7 Å². The lowest BCUT2D eigenvalue weighted by Gasteiger charge is -2.36. The van der Waals surface area contributed by atoms with Crippen LogP contribution in [-0.2, 0) is 0 Å². The monoisotopic (exact) mass is 500 g/mol. The van der Waals surface area contributed by atoms with Gasteiger partial charge in [0.2, 0.25) is 11.8 Å². The third kappa shape index (κ3) is 4.65. The molecule has 0 spiro atoms. The Morgan fingerprint density at radius 3 is 2.71 bits per heavy atom. The van der Waals surface area contributed by atoms with Crippen molar-refractivity contribution in [1.29, 1.82) is 0 Å². The Labute approximate surface area is 208 Å². The molecular formula is C24H26Cl2N6O2. The number of methoxy groups -OCH3 is 1. The van der Waals surface area contributed by atoms with Crippen LogP contribution in [0.4, 0.5) is 17.5 Å². The van der Waals surface area contributed by atoms with Gasteiger partial charge < -0.3 is 24.6 Å². The zero-order chi connectivity index (χ0) is 23.7. The zero-order valence-electron chi connectivity index (χ0n) is 19.0. The molecule has 1 N–H and O–H groups in total. The van der Waals surface area contributed by atoms with Crippen molar-refractivity contribution in [3.8, 4) is 11.6 Å². The minimum Gasteiger partial charge on any atom is -0.486 e. The minimum absolute atomic E-state index is 0.0689. The first kappa shape index (κ1) is 22.8. The second-order valence-electron chi connectivity index (χ2n) is 8.45. The summed E-state index contributed by atoms with van der Waals surface area (Å²) in [6.45, 7) is 2.31. The number of hydrogen-bond donors (Lipinski definition) is 1. The number of benzene rings is 1. The molecule has 5 rings (SSSR count). The molecule has 34 heavy (non-hydrogen) atoms. The van der Waals surface area contributed by atoms with Gasteiger partial charge in [0, 0.05) is 54.2 Å². The lowest BCUT2D eigenvalue weighted by Crippen LogP contribution is -2.39. The molecule has 178 valence electrons. The summed E-state index contributed by atoms with van der Waals surface area (Å²) in [6, 6.07) is 9.74. The van der Waals surface area contributed by atoms with Crippen LogP contribution >= 0.6 is 23.2 Å². The van der Waals surface area contributed by atoms with Gasteiger partial charge in [0.1, 0.15) is 6.61 Å². The molecule has 8 nitrogen and oxygen atoms in total. The van der Waals surface area contributed by atoms with Crippen molar-refractivity contribution < 1.29 is 9.47 Å². The van der Waals surface area contributed by atoms with Gasteiger partial charge >= 0.3 is 0 Å². The fourth-order valence-electron chi connectivity index (χ4n) is 4.46. The molecule has 1 unspecified atom stereocenters. The molecule has 4 heterocycles. The van der Waals surface area contributed by atoms with Crippen LogP contribution in [0.3, 0.4) is 0 Å². The maximum atomic E-state index is 6.46. The van der Waals surface area contributed by atoms with E-state index in [1.807, 2.05) is 31.3 Å². The topological polar surface area (TPSA) is 75.6 Å². The summed E-state index contributed by atoms with van der Waals surface area (Å²) in [5.74, 6) is 2.63. The average molecular weight is 501 g/mol. The average Bonchev–Trinajstić information content (AvgIpc) is 2.86. The summed E-state index contributed by atoms with van der Waals surface area (Å²) in [7, 11) is 3.63. The number of pyridine rings is 1. The van der Waals surface area contributed by atoms with Gasteiger partial charge in [-0.1, -0.05) is 29.3 Å². The number of halogens is 2. The van der Waals surface area contributed by atoms with Crippen molar-refractivity contribution in [2.45, 2.75) is 24.9 Å². The van der Waals surface area contributed by atoms with Gasteiger partial charge in [0.25, 0.3) is 0 Å². The normalized spacial score (nSPS) is 18.3. The number of aromatic nitrogens is 3. The third-order valence-electron chi connectivity index (χ3n) is 6.38. The van der Waals surface area contributed by atoms with E-state index in [1.54, 1.807) is 25.6 Å². The maximum absolute atomic E-state index is 6.46. The van der Waals surface area contributed by atoms with Gasteiger partial charge in [0.05, 0.1) is 19.3 Å². The van der Waals surface area contributed by atoms with Crippen LogP contribution in [0.1, 0.15) is 24.4 Å². The molecule has 0 saturated carbocycles. The van der Waals surface area contributed by atoms with Crippen molar-refractivity contribution in [2.75, 3.05) is 49.0 Å². The molecule has 0 amide bonds. The first-order valence-electron chi connectivity index (χ1n) is 11.2. The Balaban J connectivity index is 1.26. The predicted molar refractivity (Wildman–Crippen MR) is 135 cm³/mol. The molecule has 10 heteroatoms. The Hall–Kier alpha value is -2.97. The van der Waals surface area contributed by atoms with Crippen molar-refractivity contribution in [1.82, 2.24) is 15.0 Å². The molecule has 0 aliphatic carbocycles. The van der Waals surface area contributed by atoms with E-state index >= 15 is 0 Å². The lowest BCUT2D eigenvalue weighted by molar-refractivity contribution is 0.265. The number of nitrogens with zero attached hydrogens (tertiary/aromatic N) is 5. The van der Waals surface area contributed by atoms with Crippen LogP contribution in [0.2, 0.25) is 10.0 Å². The number of ether oxygens (including phenoxy) is 2. The molecular weight excluding hydrogens is 475 g/mol. The van der Waals surface area contributed by atoms with E-state index in [0.29, 0.717) is 34.2 Å². The summed E-state index contributed by atoms with van der Waals surface area (Å²) < 4.78 is 11.2. The number of nitrogens with one attached hydrogen (secondary N) is 1. The Morgan fingerprint density at radius 2 is 1.94 bits per heavy atom. The molecule has 2 aromatic heterocycles. The Bertz CT molecular complexity index is 1170. The van der Waals surface area contributed by atoms with E-state index in [0.717, 1.165) is 43.0 Å². The molecule has 0 bridgehead atoms. The Morgan fingerprint density at radius 1 is 1.12 bits per heavy atom. The first-order chi connectivity index (χ1) is 16.5. The molecule has 3 aromatic rings. The number of fused-ring (bicyclic) bond motifs is 1. The molecule has 1 atom stereocenters. The molecule has 1 fully saturated rings. The predicted octanol–water partition coefficient (Wildman–Crippen LogP) is 4.84. The molecule has 2 aliphatic rings. The van der Waals surface area contributed by atoms with E-state index in [2.05, 4.69) is 25.1 Å². The summed E-state index contributed by atoms with van der Waals surface area (Å²) in [5.41, 5.74) is 2.08. The van der Waals surface area contributed by atoms with Crippen LogP contribution < -0.4 is 24.6 Å². The highest BCUT2D eigenvalue weighted by Crippen LogP contribution is 2.39. The van der Waals surface area contributed by atoms with Gasteiger partial charge in [-0.15, -0.1) is 0 Å². The largest absolute Gasteiger partial charge is 0.486 e. The second kappa shape index (κ2) is 9.72.